The molecule has 0 radical (unpaired) electrons. The number of carbonyl (C=O) groups excluding carboxylic acids is 1. The fourth-order valence-corrected chi connectivity index (χ4v) is 3.91. The molecule has 1 aliphatic rings. The van der Waals surface area contributed by atoms with Crippen molar-refractivity contribution < 1.29 is 9.53 Å². The lowest BCUT2D eigenvalue weighted by Gasteiger charge is -2.19. The minimum Gasteiger partial charge on any atom is -0.449 e. The van der Waals surface area contributed by atoms with Crippen LogP contribution in [0.3, 0.4) is 0 Å². The number of benzene rings is 3. The Morgan fingerprint density at radius 2 is 1.50 bits per heavy atom. The largest absolute Gasteiger partial charge is 0.449 e. The first kappa shape index (κ1) is 18.1. The summed E-state index contributed by atoms with van der Waals surface area (Å²) in [6.45, 7) is 4.12. The van der Waals surface area contributed by atoms with E-state index in [2.05, 4.69) is 36.2 Å². The summed E-state index contributed by atoms with van der Waals surface area (Å²) in [4.78, 5) is 12.5. The minimum atomic E-state index is -0.405. The van der Waals surface area contributed by atoms with Gasteiger partial charge in [0, 0.05) is 5.92 Å². The highest BCUT2D eigenvalue weighted by Crippen LogP contribution is 2.44. The van der Waals surface area contributed by atoms with Gasteiger partial charge in [0.05, 0.1) is 6.04 Å². The van der Waals surface area contributed by atoms with Crippen molar-refractivity contribution in [3.05, 3.63) is 108 Å². The van der Waals surface area contributed by atoms with E-state index in [0.29, 0.717) is 13.0 Å². The van der Waals surface area contributed by atoms with Crippen molar-refractivity contribution in [2.24, 2.45) is 0 Å². The molecule has 1 N–H and O–H groups in total. The number of nitrogens with one attached hydrogen (secondary N) is 1. The van der Waals surface area contributed by atoms with Gasteiger partial charge in [0.15, 0.2) is 0 Å². The summed E-state index contributed by atoms with van der Waals surface area (Å²) in [6.07, 6.45) is 2.05. The quantitative estimate of drug-likeness (QED) is 0.554. The minimum absolute atomic E-state index is 0.0627. The lowest BCUT2D eigenvalue weighted by Crippen LogP contribution is -2.30. The second kappa shape index (κ2) is 8.13. The van der Waals surface area contributed by atoms with Crippen LogP contribution >= 0.6 is 0 Å². The van der Waals surface area contributed by atoms with Gasteiger partial charge in [-0.15, -0.1) is 6.58 Å². The van der Waals surface area contributed by atoms with Gasteiger partial charge in [0.25, 0.3) is 0 Å². The van der Waals surface area contributed by atoms with Crippen molar-refractivity contribution in [2.75, 3.05) is 6.61 Å². The predicted octanol–water partition coefficient (Wildman–Crippen LogP) is 5.84. The molecular formula is C25H23NO2. The van der Waals surface area contributed by atoms with E-state index in [1.165, 1.54) is 22.3 Å². The molecule has 0 fully saturated rings. The molecule has 1 amide bonds. The molecule has 4 rings (SSSR count). The van der Waals surface area contributed by atoms with Crippen molar-refractivity contribution in [2.45, 2.75) is 18.4 Å². The topological polar surface area (TPSA) is 38.3 Å². The highest BCUT2D eigenvalue weighted by Gasteiger charge is 2.29. The maximum atomic E-state index is 12.5. The van der Waals surface area contributed by atoms with Crippen LogP contribution in [0.1, 0.15) is 35.1 Å². The normalized spacial score (nSPS) is 13.3. The van der Waals surface area contributed by atoms with Crippen molar-refractivity contribution in [1.29, 1.82) is 0 Å². The molecule has 0 bridgehead atoms. The van der Waals surface area contributed by atoms with E-state index in [1.807, 2.05) is 54.6 Å². The van der Waals surface area contributed by atoms with Crippen LogP contribution in [0.5, 0.6) is 0 Å². The second-order valence-corrected chi connectivity index (χ2v) is 6.96. The number of hydrogen-bond acceptors (Lipinski definition) is 2. The van der Waals surface area contributed by atoms with E-state index in [4.69, 9.17) is 4.74 Å². The summed E-state index contributed by atoms with van der Waals surface area (Å²) in [5.41, 5.74) is 5.90. The number of carbonyl (C=O) groups is 1. The summed E-state index contributed by atoms with van der Waals surface area (Å²) in [7, 11) is 0. The molecule has 140 valence electrons. The zero-order chi connectivity index (χ0) is 19.3. The van der Waals surface area contributed by atoms with Crippen LogP contribution in [-0.4, -0.2) is 12.7 Å². The first-order chi connectivity index (χ1) is 13.8. The Bertz CT molecular complexity index is 935. The van der Waals surface area contributed by atoms with E-state index in [-0.39, 0.29) is 12.0 Å². The molecule has 3 aromatic carbocycles. The van der Waals surface area contributed by atoms with Crippen LogP contribution in [-0.2, 0) is 4.74 Å². The van der Waals surface area contributed by atoms with Crippen LogP contribution < -0.4 is 5.32 Å². The summed E-state index contributed by atoms with van der Waals surface area (Å²) in [5, 5.41) is 2.97. The Kier molecular flexibility index (Phi) is 5.24. The average molecular weight is 369 g/mol. The van der Waals surface area contributed by atoms with Gasteiger partial charge >= 0.3 is 6.09 Å². The van der Waals surface area contributed by atoms with Crippen molar-refractivity contribution in [3.63, 3.8) is 0 Å². The molecular weight excluding hydrogens is 346 g/mol. The molecule has 28 heavy (non-hydrogen) atoms. The molecule has 3 nitrogen and oxygen atoms in total. The summed E-state index contributed by atoms with van der Waals surface area (Å²) in [6, 6.07) is 26.4. The molecule has 0 saturated carbocycles. The number of fused-ring (bicyclic) bond motifs is 3. The Labute approximate surface area is 165 Å². The van der Waals surface area contributed by atoms with Crippen LogP contribution in [0.25, 0.3) is 11.1 Å². The zero-order valence-electron chi connectivity index (χ0n) is 15.7. The number of amides is 1. The van der Waals surface area contributed by atoms with Gasteiger partial charge in [0.1, 0.15) is 6.61 Å². The molecule has 0 aliphatic heterocycles. The zero-order valence-corrected chi connectivity index (χ0v) is 15.7. The third-order valence-electron chi connectivity index (χ3n) is 5.24. The first-order valence-electron chi connectivity index (χ1n) is 9.55. The number of rotatable bonds is 6. The maximum absolute atomic E-state index is 12.5. The molecule has 0 saturated heterocycles. The SMILES string of the molecule is C=CCC(NC(=O)OCC1c2ccccc2-c2ccccc21)c1ccccc1. The Morgan fingerprint density at radius 3 is 2.11 bits per heavy atom. The van der Waals surface area contributed by atoms with E-state index in [0.717, 1.165) is 5.56 Å². The second-order valence-electron chi connectivity index (χ2n) is 6.96. The van der Waals surface area contributed by atoms with Crippen LogP contribution in [0.4, 0.5) is 4.79 Å². The van der Waals surface area contributed by atoms with Crippen LogP contribution in [0.2, 0.25) is 0 Å². The van der Waals surface area contributed by atoms with E-state index in [1.54, 1.807) is 6.08 Å². The van der Waals surface area contributed by atoms with Gasteiger partial charge in [-0.05, 0) is 34.2 Å². The number of hydrogen-bond donors (Lipinski definition) is 1. The molecule has 1 aliphatic carbocycles. The summed E-state index contributed by atoms with van der Waals surface area (Å²) >= 11 is 0. The highest BCUT2D eigenvalue weighted by molar-refractivity contribution is 5.79. The number of alkyl carbamates (subject to hydrolysis) is 1. The first-order valence-corrected chi connectivity index (χ1v) is 9.55. The van der Waals surface area contributed by atoms with E-state index >= 15 is 0 Å². The van der Waals surface area contributed by atoms with Crippen LogP contribution in [0, 0.1) is 0 Å². The third kappa shape index (κ3) is 3.56. The van der Waals surface area contributed by atoms with Gasteiger partial charge in [-0.1, -0.05) is 84.9 Å². The molecule has 1 unspecified atom stereocenters. The summed E-state index contributed by atoms with van der Waals surface area (Å²) in [5.74, 6) is 0.0627. The monoisotopic (exact) mass is 369 g/mol. The fourth-order valence-electron chi connectivity index (χ4n) is 3.91. The summed E-state index contributed by atoms with van der Waals surface area (Å²) < 4.78 is 5.65. The Balaban J connectivity index is 1.47. The van der Waals surface area contributed by atoms with Crippen LogP contribution in [0.15, 0.2) is 91.5 Å². The van der Waals surface area contributed by atoms with Gasteiger partial charge in [-0.25, -0.2) is 4.79 Å². The standard InChI is InChI=1S/C25H23NO2/c1-2-10-24(18-11-4-3-5-12-18)26-25(27)28-17-23-21-15-8-6-13-19(21)20-14-7-9-16-22(20)23/h2-9,11-16,23-24H,1,10,17H2,(H,26,27). The highest BCUT2D eigenvalue weighted by atomic mass is 16.5. The smallest absolute Gasteiger partial charge is 0.407 e. The van der Waals surface area contributed by atoms with E-state index < -0.39 is 6.09 Å². The maximum Gasteiger partial charge on any atom is 0.407 e. The average Bonchev–Trinajstić information content (AvgIpc) is 3.06. The van der Waals surface area contributed by atoms with Gasteiger partial charge < -0.3 is 10.1 Å². The Hall–Kier alpha value is -3.33. The van der Waals surface area contributed by atoms with Gasteiger partial charge in [-0.2, -0.15) is 0 Å². The molecule has 3 aromatic rings. The van der Waals surface area contributed by atoms with Gasteiger partial charge in [0.2, 0.25) is 0 Å². The molecule has 3 heteroatoms. The third-order valence-corrected chi connectivity index (χ3v) is 5.24. The van der Waals surface area contributed by atoms with Crippen molar-refractivity contribution in [3.8, 4) is 11.1 Å². The molecule has 0 heterocycles. The predicted molar refractivity (Wildman–Crippen MR) is 112 cm³/mol. The van der Waals surface area contributed by atoms with Gasteiger partial charge in [-0.3, -0.25) is 0 Å². The van der Waals surface area contributed by atoms with E-state index in [9.17, 15) is 4.79 Å². The molecule has 1 atom stereocenters. The number of ether oxygens (including phenoxy) is 1. The molecule has 0 aromatic heterocycles. The fraction of sp³-hybridized carbons (Fsp3) is 0.160. The lowest BCUT2D eigenvalue weighted by atomic mass is 9.98. The van der Waals surface area contributed by atoms with Crippen molar-refractivity contribution >= 4 is 6.09 Å². The lowest BCUT2D eigenvalue weighted by molar-refractivity contribution is 0.139. The Morgan fingerprint density at radius 1 is 0.929 bits per heavy atom. The van der Waals surface area contributed by atoms with Crippen molar-refractivity contribution in [1.82, 2.24) is 5.32 Å². The molecule has 0 spiro atoms.